The highest BCUT2D eigenvalue weighted by Gasteiger charge is 2.11. The summed E-state index contributed by atoms with van der Waals surface area (Å²) in [5.74, 6) is -0.742. The van der Waals surface area contributed by atoms with Crippen molar-refractivity contribution in [1.82, 2.24) is 0 Å². The van der Waals surface area contributed by atoms with Gasteiger partial charge in [0.05, 0.1) is 7.11 Å². The van der Waals surface area contributed by atoms with Gasteiger partial charge in [-0.3, -0.25) is 4.79 Å². The number of halogens is 1. The second kappa shape index (κ2) is 8.31. The number of aliphatic carboxylic acids is 1. The van der Waals surface area contributed by atoms with Gasteiger partial charge in [0.15, 0.2) is 5.78 Å². The van der Waals surface area contributed by atoms with Crippen LogP contribution in [-0.4, -0.2) is 24.0 Å². The number of ketones is 1. The Morgan fingerprint density at radius 2 is 1.80 bits per heavy atom. The van der Waals surface area contributed by atoms with Gasteiger partial charge in [0, 0.05) is 22.2 Å². The van der Waals surface area contributed by atoms with Crippen LogP contribution in [0, 0.1) is 0 Å². The zero-order valence-electron chi connectivity index (χ0n) is 13.8. The zero-order chi connectivity index (χ0) is 18.4. The van der Waals surface area contributed by atoms with Gasteiger partial charge in [-0.25, -0.2) is 4.79 Å². The van der Waals surface area contributed by atoms with Crippen molar-refractivity contribution in [2.75, 3.05) is 7.11 Å². The van der Waals surface area contributed by atoms with Gasteiger partial charge in [-0.2, -0.15) is 0 Å². The number of allylic oxidation sites excluding steroid dienone is 2. The molecule has 0 heterocycles. The first kappa shape index (κ1) is 18.5. The van der Waals surface area contributed by atoms with E-state index in [0.29, 0.717) is 27.5 Å². The predicted molar refractivity (Wildman–Crippen MR) is 99.1 cm³/mol. The van der Waals surface area contributed by atoms with Gasteiger partial charge < -0.3 is 9.84 Å². The summed E-state index contributed by atoms with van der Waals surface area (Å²) in [7, 11) is 1.49. The topological polar surface area (TPSA) is 63.6 Å². The highest BCUT2D eigenvalue weighted by molar-refractivity contribution is 6.30. The molecular weight excluding hydrogens is 340 g/mol. The molecule has 2 rings (SSSR count). The Morgan fingerprint density at radius 1 is 1.12 bits per heavy atom. The molecule has 0 saturated carbocycles. The van der Waals surface area contributed by atoms with Crippen molar-refractivity contribution in [3.05, 3.63) is 76.3 Å². The number of hydrogen-bond donors (Lipinski definition) is 1. The molecule has 0 saturated heterocycles. The molecule has 0 aromatic heterocycles. The van der Waals surface area contributed by atoms with E-state index in [0.717, 1.165) is 11.6 Å². The van der Waals surface area contributed by atoms with E-state index in [4.69, 9.17) is 21.4 Å². The lowest BCUT2D eigenvalue weighted by Crippen LogP contribution is -1.99. The van der Waals surface area contributed by atoms with Crippen LogP contribution in [0.1, 0.15) is 28.4 Å². The van der Waals surface area contributed by atoms with E-state index < -0.39 is 5.97 Å². The fraction of sp³-hybridized carbons (Fsp3) is 0.100. The second-order valence-electron chi connectivity index (χ2n) is 5.33. The smallest absolute Gasteiger partial charge is 0.328 e. The number of carboxylic acids is 1. The van der Waals surface area contributed by atoms with Gasteiger partial charge in [-0.15, -0.1) is 0 Å². The molecule has 0 spiro atoms. The molecule has 0 fully saturated rings. The Balaban J connectivity index is 2.31. The molecule has 128 valence electrons. The average Bonchev–Trinajstić information content (AvgIpc) is 2.59. The Labute approximate surface area is 151 Å². The van der Waals surface area contributed by atoms with Gasteiger partial charge in [-0.05, 0) is 54.5 Å². The first-order valence-corrected chi connectivity index (χ1v) is 7.86. The maximum atomic E-state index is 12.4. The first-order valence-electron chi connectivity index (χ1n) is 7.48. The molecule has 0 aliphatic heterocycles. The van der Waals surface area contributed by atoms with Gasteiger partial charge >= 0.3 is 5.97 Å². The fourth-order valence-corrected chi connectivity index (χ4v) is 2.40. The van der Waals surface area contributed by atoms with Crippen molar-refractivity contribution < 1.29 is 19.4 Å². The molecule has 5 heteroatoms. The van der Waals surface area contributed by atoms with Gasteiger partial charge in [-0.1, -0.05) is 29.8 Å². The molecule has 1 N–H and O–H groups in total. The minimum atomic E-state index is -1.06. The summed E-state index contributed by atoms with van der Waals surface area (Å²) in [4.78, 5) is 23.3. The summed E-state index contributed by atoms with van der Waals surface area (Å²) >= 11 is 5.83. The first-order chi connectivity index (χ1) is 11.9. The van der Waals surface area contributed by atoms with Crippen LogP contribution in [0.15, 0.2) is 54.6 Å². The summed E-state index contributed by atoms with van der Waals surface area (Å²) < 4.78 is 5.25. The maximum absolute atomic E-state index is 12.4. The molecule has 0 atom stereocenters. The molecule has 0 aliphatic carbocycles. The second-order valence-corrected chi connectivity index (χ2v) is 5.77. The molecule has 2 aromatic carbocycles. The molecule has 4 nitrogen and oxygen atoms in total. The number of carboxylic acid groups (broad SMARTS) is 1. The van der Waals surface area contributed by atoms with Crippen LogP contribution in [0.25, 0.3) is 11.6 Å². The third-order valence-electron chi connectivity index (χ3n) is 3.55. The lowest BCUT2D eigenvalue weighted by atomic mass is 10.00. The monoisotopic (exact) mass is 356 g/mol. The van der Waals surface area contributed by atoms with Crippen molar-refractivity contribution in [3.63, 3.8) is 0 Å². The van der Waals surface area contributed by atoms with Crippen LogP contribution in [-0.2, 0) is 4.79 Å². The summed E-state index contributed by atoms with van der Waals surface area (Å²) in [6, 6.07) is 12.0. The van der Waals surface area contributed by atoms with E-state index in [1.54, 1.807) is 43.3 Å². The minimum absolute atomic E-state index is 0.193. The molecule has 0 bridgehead atoms. The van der Waals surface area contributed by atoms with E-state index in [2.05, 4.69) is 0 Å². The van der Waals surface area contributed by atoms with E-state index in [1.165, 1.54) is 13.2 Å². The minimum Gasteiger partial charge on any atom is -0.496 e. The number of carbonyl (C=O) groups excluding carboxylic acids is 1. The van der Waals surface area contributed by atoms with E-state index in [1.807, 2.05) is 12.1 Å². The summed E-state index contributed by atoms with van der Waals surface area (Å²) in [6.07, 6.45) is 4.24. The van der Waals surface area contributed by atoms with Gasteiger partial charge in [0.2, 0.25) is 0 Å². The van der Waals surface area contributed by atoms with Crippen molar-refractivity contribution in [2.45, 2.75) is 6.92 Å². The third kappa shape index (κ3) is 5.06. The quantitative estimate of drug-likeness (QED) is 0.600. The van der Waals surface area contributed by atoms with Crippen LogP contribution in [0.4, 0.5) is 0 Å². The highest BCUT2D eigenvalue weighted by Crippen LogP contribution is 2.27. The average molecular weight is 357 g/mol. The molecule has 0 amide bonds. The highest BCUT2D eigenvalue weighted by atomic mass is 35.5. The van der Waals surface area contributed by atoms with Gasteiger partial charge in [0.1, 0.15) is 5.75 Å². The van der Waals surface area contributed by atoms with Crippen molar-refractivity contribution >= 4 is 35.0 Å². The number of carbonyl (C=O) groups is 2. The lowest BCUT2D eigenvalue weighted by molar-refractivity contribution is -0.131. The van der Waals surface area contributed by atoms with E-state index in [9.17, 15) is 9.59 Å². The normalized spacial score (nSPS) is 11.6. The zero-order valence-corrected chi connectivity index (χ0v) is 14.6. The van der Waals surface area contributed by atoms with Crippen molar-refractivity contribution in [3.8, 4) is 5.75 Å². The Kier molecular flexibility index (Phi) is 6.14. The Morgan fingerprint density at radius 3 is 2.40 bits per heavy atom. The summed E-state index contributed by atoms with van der Waals surface area (Å²) in [5, 5.41) is 9.54. The molecule has 0 radical (unpaired) electrons. The van der Waals surface area contributed by atoms with Gasteiger partial charge in [0.25, 0.3) is 0 Å². The van der Waals surface area contributed by atoms with Crippen LogP contribution >= 0.6 is 11.6 Å². The number of ether oxygens (including phenoxy) is 1. The number of hydrogen-bond acceptors (Lipinski definition) is 3. The number of rotatable bonds is 6. The molecule has 0 aliphatic rings. The predicted octanol–water partition coefficient (Wildman–Crippen LogP) is 4.73. The molecule has 2 aromatic rings. The molecule has 0 unspecified atom stereocenters. The van der Waals surface area contributed by atoms with Crippen LogP contribution in [0.5, 0.6) is 5.75 Å². The largest absolute Gasteiger partial charge is 0.496 e. The third-order valence-corrected chi connectivity index (χ3v) is 3.80. The van der Waals surface area contributed by atoms with Crippen molar-refractivity contribution in [1.29, 1.82) is 0 Å². The molecule has 25 heavy (non-hydrogen) atoms. The number of methoxy groups -OCH3 is 1. The van der Waals surface area contributed by atoms with E-state index in [-0.39, 0.29) is 5.78 Å². The Hall–Kier alpha value is -2.85. The Bertz CT molecular complexity index is 848. The van der Waals surface area contributed by atoms with Crippen LogP contribution in [0.2, 0.25) is 5.02 Å². The van der Waals surface area contributed by atoms with Crippen LogP contribution in [0.3, 0.4) is 0 Å². The van der Waals surface area contributed by atoms with Crippen LogP contribution < -0.4 is 4.74 Å². The SMILES string of the molecule is COc1ccc(C(=O)/C=C/c2ccc(Cl)cc2)cc1/C(C)=C/C(=O)O. The molecular formula is C20H17ClO4. The number of benzene rings is 2. The lowest BCUT2D eigenvalue weighted by Gasteiger charge is -2.10. The summed E-state index contributed by atoms with van der Waals surface area (Å²) in [6.45, 7) is 1.66. The van der Waals surface area contributed by atoms with Crippen molar-refractivity contribution in [2.24, 2.45) is 0 Å². The fourth-order valence-electron chi connectivity index (χ4n) is 2.27. The maximum Gasteiger partial charge on any atom is 0.328 e. The van der Waals surface area contributed by atoms with E-state index >= 15 is 0 Å². The summed E-state index contributed by atoms with van der Waals surface area (Å²) in [5.41, 5.74) is 2.36. The standard InChI is InChI=1S/C20H17ClO4/c1-13(11-20(23)24)17-12-15(6-10-19(17)25-2)18(22)9-5-14-3-7-16(21)8-4-14/h3-12H,1-2H3,(H,23,24)/b9-5+,13-11+.